The molecule has 0 unspecified atom stereocenters. The van der Waals surface area contributed by atoms with Crippen LogP contribution in [0.15, 0.2) is 18.3 Å². The van der Waals surface area contributed by atoms with E-state index in [1.54, 1.807) is 6.20 Å². The lowest BCUT2D eigenvalue weighted by Gasteiger charge is -2.26. The van der Waals surface area contributed by atoms with Crippen molar-refractivity contribution in [1.82, 2.24) is 4.98 Å². The highest BCUT2D eigenvalue weighted by Gasteiger charge is 2.18. The molecule has 0 amide bonds. The molecule has 90 valence electrons. The molecule has 3 heteroatoms. The van der Waals surface area contributed by atoms with E-state index >= 15 is 0 Å². The molecule has 1 aliphatic carbocycles. The lowest BCUT2D eigenvalue weighted by Crippen LogP contribution is -2.20. The zero-order chi connectivity index (χ0) is 12.1. The molecule has 0 bridgehead atoms. The monoisotopic (exact) mass is 230 g/mol. The van der Waals surface area contributed by atoms with Gasteiger partial charge in [0.25, 0.3) is 0 Å². The van der Waals surface area contributed by atoms with E-state index in [1.807, 2.05) is 12.1 Å². The van der Waals surface area contributed by atoms with Crippen LogP contribution in [0.2, 0.25) is 0 Å². The van der Waals surface area contributed by atoms with Gasteiger partial charge < -0.3 is 4.74 Å². The summed E-state index contributed by atoms with van der Waals surface area (Å²) in [5, 5.41) is 8.92. The Kier molecular flexibility index (Phi) is 4.11. The number of rotatable bonds is 3. The van der Waals surface area contributed by atoms with Crippen LogP contribution in [0.25, 0.3) is 0 Å². The highest BCUT2D eigenvalue weighted by molar-refractivity contribution is 5.29. The number of nitriles is 1. The van der Waals surface area contributed by atoms with Crippen LogP contribution in [0, 0.1) is 17.2 Å². The molecule has 2 rings (SSSR count). The van der Waals surface area contributed by atoms with E-state index in [0.717, 1.165) is 24.3 Å². The van der Waals surface area contributed by atoms with Gasteiger partial charge in [-0.3, -0.25) is 0 Å². The summed E-state index contributed by atoms with van der Waals surface area (Å²) in [4.78, 5) is 4.03. The number of ether oxygens (including phenoxy) is 1. The molecular formula is C14H18N2O. The van der Waals surface area contributed by atoms with Gasteiger partial charge >= 0.3 is 0 Å². The van der Waals surface area contributed by atoms with Crippen LogP contribution in [0.1, 0.15) is 43.9 Å². The lowest BCUT2D eigenvalue weighted by molar-refractivity contribution is 0.00856. The van der Waals surface area contributed by atoms with Crippen molar-refractivity contribution < 1.29 is 4.74 Å². The Labute approximate surface area is 102 Å². The second-order valence-electron chi connectivity index (χ2n) is 4.82. The molecule has 0 spiro atoms. The van der Waals surface area contributed by atoms with Gasteiger partial charge in [0.2, 0.25) is 0 Å². The minimum atomic E-state index is 0.359. The zero-order valence-electron chi connectivity index (χ0n) is 10.2. The second kappa shape index (κ2) is 5.79. The van der Waals surface area contributed by atoms with Crippen LogP contribution in [0.5, 0.6) is 0 Å². The summed E-state index contributed by atoms with van der Waals surface area (Å²) in [6.45, 7) is 2.81. The third-order valence-corrected chi connectivity index (χ3v) is 3.43. The molecule has 0 aromatic carbocycles. The largest absolute Gasteiger partial charge is 0.373 e. The molecule has 1 aromatic heterocycles. The average molecular weight is 230 g/mol. The summed E-state index contributed by atoms with van der Waals surface area (Å²) >= 11 is 0. The fourth-order valence-electron chi connectivity index (χ4n) is 2.26. The van der Waals surface area contributed by atoms with E-state index in [2.05, 4.69) is 18.0 Å². The summed E-state index contributed by atoms with van der Waals surface area (Å²) in [6.07, 6.45) is 6.79. The van der Waals surface area contributed by atoms with E-state index in [-0.39, 0.29) is 0 Å². The first-order valence-electron chi connectivity index (χ1n) is 6.25. The second-order valence-corrected chi connectivity index (χ2v) is 4.82. The van der Waals surface area contributed by atoms with Crippen LogP contribution in [-0.2, 0) is 11.3 Å². The molecule has 1 heterocycles. The number of nitrogens with zero attached hydrogens (tertiary/aromatic N) is 2. The maximum atomic E-state index is 8.92. The van der Waals surface area contributed by atoms with Gasteiger partial charge in [0.05, 0.1) is 12.7 Å². The molecule has 1 aliphatic rings. The molecule has 0 N–H and O–H groups in total. The Morgan fingerprint density at radius 1 is 1.41 bits per heavy atom. The van der Waals surface area contributed by atoms with E-state index in [9.17, 15) is 0 Å². The first kappa shape index (κ1) is 12.1. The molecule has 0 atom stereocenters. The summed E-state index contributed by atoms with van der Waals surface area (Å²) in [5.41, 5.74) is 1.38. The quantitative estimate of drug-likeness (QED) is 0.801. The maximum Gasteiger partial charge on any atom is 0.145 e. The van der Waals surface area contributed by atoms with Crippen molar-refractivity contribution >= 4 is 0 Å². The molecule has 1 saturated carbocycles. The summed E-state index contributed by atoms with van der Waals surface area (Å²) in [6, 6.07) is 5.86. The van der Waals surface area contributed by atoms with Crippen molar-refractivity contribution in [3.8, 4) is 6.07 Å². The summed E-state index contributed by atoms with van der Waals surface area (Å²) in [7, 11) is 0. The minimum Gasteiger partial charge on any atom is -0.373 e. The van der Waals surface area contributed by atoms with Gasteiger partial charge in [-0.05, 0) is 37.7 Å². The van der Waals surface area contributed by atoms with Crippen LogP contribution < -0.4 is 0 Å². The first-order valence-corrected chi connectivity index (χ1v) is 6.25. The standard InChI is InChI=1S/C14H18N2O/c1-11-4-6-13(7-5-11)17-10-12-3-2-8-16-14(12)9-15/h2-3,8,11,13H,4-7,10H2,1H3. The highest BCUT2D eigenvalue weighted by atomic mass is 16.5. The molecule has 17 heavy (non-hydrogen) atoms. The molecule has 0 aliphatic heterocycles. The smallest absolute Gasteiger partial charge is 0.145 e. The molecule has 0 saturated heterocycles. The Hall–Kier alpha value is -1.40. The van der Waals surface area contributed by atoms with Crippen molar-refractivity contribution in [2.24, 2.45) is 5.92 Å². The van der Waals surface area contributed by atoms with E-state index in [4.69, 9.17) is 10.00 Å². The number of hydrogen-bond donors (Lipinski definition) is 0. The van der Waals surface area contributed by atoms with Gasteiger partial charge in [-0.2, -0.15) is 5.26 Å². The number of pyridine rings is 1. The third-order valence-electron chi connectivity index (χ3n) is 3.43. The summed E-state index contributed by atoms with van der Waals surface area (Å²) < 4.78 is 5.87. The Bertz CT molecular complexity index is 403. The van der Waals surface area contributed by atoms with Crippen LogP contribution in [-0.4, -0.2) is 11.1 Å². The topological polar surface area (TPSA) is 45.9 Å². The molecule has 1 aromatic rings. The maximum absolute atomic E-state index is 8.92. The highest BCUT2D eigenvalue weighted by Crippen LogP contribution is 2.26. The van der Waals surface area contributed by atoms with E-state index < -0.39 is 0 Å². The lowest BCUT2D eigenvalue weighted by atomic mass is 9.89. The van der Waals surface area contributed by atoms with Gasteiger partial charge in [-0.1, -0.05) is 13.0 Å². The van der Waals surface area contributed by atoms with Crippen LogP contribution >= 0.6 is 0 Å². The Morgan fingerprint density at radius 3 is 2.88 bits per heavy atom. The average Bonchev–Trinajstić information content (AvgIpc) is 2.38. The van der Waals surface area contributed by atoms with Gasteiger partial charge in [0.15, 0.2) is 0 Å². The minimum absolute atomic E-state index is 0.359. The van der Waals surface area contributed by atoms with E-state index in [0.29, 0.717) is 18.4 Å². The Balaban J connectivity index is 1.88. The SMILES string of the molecule is CC1CCC(OCc2cccnc2C#N)CC1. The van der Waals surface area contributed by atoms with Gasteiger partial charge in [0.1, 0.15) is 11.8 Å². The number of aromatic nitrogens is 1. The fourth-order valence-corrected chi connectivity index (χ4v) is 2.26. The number of hydrogen-bond acceptors (Lipinski definition) is 3. The van der Waals surface area contributed by atoms with Gasteiger partial charge in [-0.15, -0.1) is 0 Å². The normalized spacial score (nSPS) is 24.2. The molecule has 1 fully saturated rings. The van der Waals surface area contributed by atoms with Crippen LogP contribution in [0.4, 0.5) is 0 Å². The summed E-state index contributed by atoms with van der Waals surface area (Å²) in [5.74, 6) is 0.836. The van der Waals surface area contributed by atoms with Crippen molar-refractivity contribution in [2.45, 2.75) is 45.3 Å². The van der Waals surface area contributed by atoms with Crippen LogP contribution in [0.3, 0.4) is 0 Å². The van der Waals surface area contributed by atoms with Gasteiger partial charge in [0, 0.05) is 11.8 Å². The predicted octanol–water partition coefficient (Wildman–Crippen LogP) is 3.05. The van der Waals surface area contributed by atoms with Crippen molar-refractivity contribution in [3.63, 3.8) is 0 Å². The van der Waals surface area contributed by atoms with Crippen molar-refractivity contribution in [1.29, 1.82) is 5.26 Å². The molecular weight excluding hydrogens is 212 g/mol. The predicted molar refractivity (Wildman–Crippen MR) is 65.2 cm³/mol. The van der Waals surface area contributed by atoms with Crippen molar-refractivity contribution in [3.05, 3.63) is 29.6 Å². The fraction of sp³-hybridized carbons (Fsp3) is 0.571. The first-order chi connectivity index (χ1) is 8.29. The Morgan fingerprint density at radius 2 is 2.18 bits per heavy atom. The van der Waals surface area contributed by atoms with Gasteiger partial charge in [-0.25, -0.2) is 4.98 Å². The van der Waals surface area contributed by atoms with E-state index in [1.165, 1.54) is 12.8 Å². The van der Waals surface area contributed by atoms with Crippen molar-refractivity contribution in [2.75, 3.05) is 0 Å². The molecule has 3 nitrogen and oxygen atoms in total. The zero-order valence-corrected chi connectivity index (χ0v) is 10.2. The molecule has 0 radical (unpaired) electrons. The third kappa shape index (κ3) is 3.28.